The molecule has 0 heterocycles. The smallest absolute Gasteiger partial charge is 0.296 e. The lowest BCUT2D eigenvalue weighted by atomic mass is 10.0. The Morgan fingerprint density at radius 3 is 2.00 bits per heavy atom. The van der Waals surface area contributed by atoms with E-state index in [1.54, 1.807) is 0 Å². The van der Waals surface area contributed by atoms with E-state index in [1.165, 1.54) is 14.2 Å². The molecule has 0 saturated carbocycles. The van der Waals surface area contributed by atoms with E-state index in [0.717, 1.165) is 0 Å². The number of hydrogen-bond acceptors (Lipinski definition) is 4. The molecule has 1 amide bonds. The number of nitrogens with one attached hydrogen (secondary N) is 1. The standard InChI is InChI=1S/C8H18NO4P/c1-5-7(6-2)8(10)9-14(11,12-3)13-4/h7H,5-6H2,1-4H3,(H,9,10,11). The average Bonchev–Trinajstić information content (AvgIpc) is 2.19. The Hall–Kier alpha value is -0.380. The Morgan fingerprint density at radius 2 is 1.71 bits per heavy atom. The summed E-state index contributed by atoms with van der Waals surface area (Å²) in [4.78, 5) is 11.5. The van der Waals surface area contributed by atoms with Crippen LogP contribution in [-0.4, -0.2) is 20.1 Å². The first kappa shape index (κ1) is 13.6. The van der Waals surface area contributed by atoms with Crippen LogP contribution in [0.15, 0.2) is 0 Å². The number of amides is 1. The SMILES string of the molecule is CCC(CC)C(=O)NP(=O)(OC)OC. The van der Waals surface area contributed by atoms with Crippen molar-refractivity contribution in [2.75, 3.05) is 14.2 Å². The second-order valence-corrected chi connectivity index (χ2v) is 4.80. The van der Waals surface area contributed by atoms with Crippen molar-refractivity contribution in [3.63, 3.8) is 0 Å². The van der Waals surface area contributed by atoms with Crippen LogP contribution in [0.3, 0.4) is 0 Å². The van der Waals surface area contributed by atoms with Crippen molar-refractivity contribution in [3.05, 3.63) is 0 Å². The van der Waals surface area contributed by atoms with Gasteiger partial charge in [0.15, 0.2) is 0 Å². The van der Waals surface area contributed by atoms with Crippen LogP contribution in [0.2, 0.25) is 0 Å². The average molecular weight is 223 g/mol. The third-order valence-corrected chi connectivity index (χ3v) is 3.54. The predicted molar refractivity (Wildman–Crippen MR) is 53.8 cm³/mol. The molecule has 0 rings (SSSR count). The van der Waals surface area contributed by atoms with Crippen LogP contribution in [0.5, 0.6) is 0 Å². The van der Waals surface area contributed by atoms with Gasteiger partial charge in [-0.3, -0.25) is 18.9 Å². The van der Waals surface area contributed by atoms with Crippen molar-refractivity contribution in [3.8, 4) is 0 Å². The maximum absolute atomic E-state index is 11.5. The lowest BCUT2D eigenvalue weighted by Crippen LogP contribution is -2.28. The fourth-order valence-corrected chi connectivity index (χ4v) is 1.84. The van der Waals surface area contributed by atoms with Gasteiger partial charge in [-0.2, -0.15) is 0 Å². The van der Waals surface area contributed by atoms with E-state index in [-0.39, 0.29) is 11.8 Å². The highest BCUT2D eigenvalue weighted by Crippen LogP contribution is 2.41. The molecule has 0 aromatic heterocycles. The molecule has 0 aliphatic heterocycles. The molecule has 84 valence electrons. The Labute approximate surface area is 84.8 Å². The van der Waals surface area contributed by atoms with Gasteiger partial charge in [0.2, 0.25) is 5.91 Å². The summed E-state index contributed by atoms with van der Waals surface area (Å²) < 4.78 is 20.7. The van der Waals surface area contributed by atoms with Gasteiger partial charge in [0.1, 0.15) is 0 Å². The third-order valence-electron chi connectivity index (χ3n) is 2.08. The third kappa shape index (κ3) is 3.78. The Bertz CT molecular complexity index is 219. The first-order valence-corrected chi connectivity index (χ1v) is 6.10. The minimum absolute atomic E-state index is 0.145. The molecule has 0 fully saturated rings. The summed E-state index contributed by atoms with van der Waals surface area (Å²) in [5.41, 5.74) is 0. The van der Waals surface area contributed by atoms with Gasteiger partial charge in [-0.05, 0) is 12.8 Å². The molecule has 1 N–H and O–H groups in total. The topological polar surface area (TPSA) is 64.6 Å². The number of carbonyl (C=O) groups is 1. The first-order valence-electron chi connectivity index (χ1n) is 4.56. The van der Waals surface area contributed by atoms with Crippen molar-refractivity contribution < 1.29 is 18.4 Å². The Kier molecular flexibility index (Phi) is 6.00. The van der Waals surface area contributed by atoms with Gasteiger partial charge in [-0.15, -0.1) is 0 Å². The van der Waals surface area contributed by atoms with Gasteiger partial charge >= 0.3 is 7.75 Å². The van der Waals surface area contributed by atoms with E-state index in [4.69, 9.17) is 0 Å². The van der Waals surface area contributed by atoms with Crippen LogP contribution < -0.4 is 5.09 Å². The quantitative estimate of drug-likeness (QED) is 0.699. The fraction of sp³-hybridized carbons (Fsp3) is 0.875. The molecule has 0 aliphatic rings. The lowest BCUT2D eigenvalue weighted by molar-refractivity contribution is -0.123. The van der Waals surface area contributed by atoms with Crippen LogP contribution in [-0.2, 0) is 18.4 Å². The highest BCUT2D eigenvalue weighted by Gasteiger charge is 2.27. The summed E-state index contributed by atoms with van der Waals surface area (Å²) >= 11 is 0. The van der Waals surface area contributed by atoms with Gasteiger partial charge in [0.05, 0.1) is 0 Å². The van der Waals surface area contributed by atoms with E-state index < -0.39 is 7.75 Å². The minimum atomic E-state index is -3.42. The molecule has 0 unspecified atom stereocenters. The van der Waals surface area contributed by atoms with Crippen LogP contribution in [0.4, 0.5) is 0 Å². The summed E-state index contributed by atoms with van der Waals surface area (Å²) in [5, 5.41) is 2.27. The highest BCUT2D eigenvalue weighted by atomic mass is 31.2. The molecule has 14 heavy (non-hydrogen) atoms. The van der Waals surface area contributed by atoms with Gasteiger partial charge in [0.25, 0.3) is 0 Å². The van der Waals surface area contributed by atoms with Crippen molar-refractivity contribution >= 4 is 13.7 Å². The zero-order chi connectivity index (χ0) is 11.2. The van der Waals surface area contributed by atoms with Gasteiger partial charge in [-0.1, -0.05) is 13.8 Å². The second kappa shape index (κ2) is 6.17. The molecule has 0 saturated heterocycles. The molecular formula is C8H18NO4P. The summed E-state index contributed by atoms with van der Waals surface area (Å²) in [7, 11) is -0.950. The summed E-state index contributed by atoms with van der Waals surface area (Å²) in [6, 6.07) is 0. The van der Waals surface area contributed by atoms with Gasteiger partial charge in [0, 0.05) is 20.1 Å². The number of hydrogen-bond donors (Lipinski definition) is 1. The molecule has 0 spiro atoms. The van der Waals surface area contributed by atoms with Crippen LogP contribution in [0.1, 0.15) is 26.7 Å². The van der Waals surface area contributed by atoms with Crippen molar-refractivity contribution in [2.45, 2.75) is 26.7 Å². The zero-order valence-electron chi connectivity index (χ0n) is 9.07. The van der Waals surface area contributed by atoms with E-state index in [9.17, 15) is 9.36 Å². The Morgan fingerprint density at radius 1 is 1.29 bits per heavy atom. The van der Waals surface area contributed by atoms with Crippen molar-refractivity contribution in [2.24, 2.45) is 5.92 Å². The highest BCUT2D eigenvalue weighted by molar-refractivity contribution is 7.52. The molecule has 0 radical (unpaired) electrons. The molecule has 0 bridgehead atoms. The molecule has 6 heteroatoms. The summed E-state index contributed by atoms with van der Waals surface area (Å²) in [6.45, 7) is 3.80. The number of carbonyl (C=O) groups excluding carboxylic acids is 1. The van der Waals surface area contributed by atoms with Gasteiger partial charge < -0.3 is 0 Å². The molecule has 5 nitrogen and oxygen atoms in total. The summed E-state index contributed by atoms with van der Waals surface area (Å²) in [6.07, 6.45) is 1.41. The van der Waals surface area contributed by atoms with Crippen LogP contribution in [0, 0.1) is 5.92 Å². The Balaban J connectivity index is 4.36. The van der Waals surface area contributed by atoms with Gasteiger partial charge in [-0.25, -0.2) is 4.57 Å². The lowest BCUT2D eigenvalue weighted by Gasteiger charge is -2.18. The fourth-order valence-electron chi connectivity index (χ4n) is 1.05. The van der Waals surface area contributed by atoms with Crippen molar-refractivity contribution in [1.29, 1.82) is 0 Å². The van der Waals surface area contributed by atoms with E-state index >= 15 is 0 Å². The second-order valence-electron chi connectivity index (χ2n) is 2.85. The molecule has 0 aliphatic carbocycles. The van der Waals surface area contributed by atoms with Crippen molar-refractivity contribution in [1.82, 2.24) is 5.09 Å². The monoisotopic (exact) mass is 223 g/mol. The molecule has 0 atom stereocenters. The largest absolute Gasteiger partial charge is 0.434 e. The van der Waals surface area contributed by atoms with E-state index in [0.29, 0.717) is 12.8 Å². The van der Waals surface area contributed by atoms with E-state index in [1.807, 2.05) is 13.8 Å². The molecule has 0 aromatic carbocycles. The van der Waals surface area contributed by atoms with Crippen LogP contribution >= 0.6 is 7.75 Å². The van der Waals surface area contributed by atoms with E-state index in [2.05, 4.69) is 14.1 Å². The maximum Gasteiger partial charge on any atom is 0.434 e. The first-order chi connectivity index (χ1) is 6.52. The zero-order valence-corrected chi connectivity index (χ0v) is 9.97. The summed E-state index contributed by atoms with van der Waals surface area (Å²) in [5.74, 6) is -0.435. The predicted octanol–water partition coefficient (Wildman–Crippen LogP) is 1.94. The number of rotatable bonds is 6. The minimum Gasteiger partial charge on any atom is -0.296 e. The molecular weight excluding hydrogens is 205 g/mol. The maximum atomic E-state index is 11.5. The molecule has 0 aromatic rings. The van der Waals surface area contributed by atoms with Crippen LogP contribution in [0.25, 0.3) is 0 Å². The normalized spacial score (nSPS) is 11.8.